The zero-order valence-electron chi connectivity index (χ0n) is 14.2. The van der Waals surface area contributed by atoms with Crippen molar-refractivity contribution in [3.8, 4) is 0 Å². The van der Waals surface area contributed by atoms with E-state index in [1.165, 1.54) is 77.2 Å². The molecule has 4 heteroatoms. The first-order chi connectivity index (χ1) is 11.2. The normalized spacial score (nSPS) is 19.8. The van der Waals surface area contributed by atoms with E-state index in [2.05, 4.69) is 34.4 Å². The van der Waals surface area contributed by atoms with Crippen LogP contribution in [0.15, 0.2) is 12.6 Å². The first-order valence-corrected chi connectivity index (χ1v) is 9.81. The van der Waals surface area contributed by atoms with Gasteiger partial charge in [0.1, 0.15) is 0 Å². The zero-order valence-corrected chi connectivity index (χ0v) is 15.0. The van der Waals surface area contributed by atoms with Crippen molar-refractivity contribution in [1.82, 2.24) is 14.8 Å². The Morgan fingerprint density at radius 2 is 1.83 bits per heavy atom. The lowest BCUT2D eigenvalue weighted by molar-refractivity contribution is 0.221. The highest BCUT2D eigenvalue weighted by Crippen LogP contribution is 2.35. The van der Waals surface area contributed by atoms with Crippen LogP contribution in [-0.2, 0) is 6.54 Å². The van der Waals surface area contributed by atoms with Crippen molar-refractivity contribution < 1.29 is 0 Å². The average Bonchev–Trinajstić information content (AvgIpc) is 3.27. The molecule has 0 spiro atoms. The van der Waals surface area contributed by atoms with Crippen LogP contribution in [-0.4, -0.2) is 41.0 Å². The van der Waals surface area contributed by atoms with E-state index in [-0.39, 0.29) is 0 Å². The second-order valence-electron chi connectivity index (χ2n) is 7.04. The molecular formula is C19H27N3S. The number of rotatable bonds is 4. The predicted octanol–water partition coefficient (Wildman–Crippen LogP) is 4.59. The third-order valence-electron chi connectivity index (χ3n) is 5.40. The summed E-state index contributed by atoms with van der Waals surface area (Å²) < 4.78 is 1.39. The van der Waals surface area contributed by atoms with Crippen LogP contribution in [0.2, 0.25) is 0 Å². The standard InChI is InChI=1S/C19H27N3S/c1-14(22-10-6-7-11-22)17-12-18-19(20-17)16(15(2)23-18)13-21-8-4-3-5-9-21/h12,20H,1,3-11,13H2,2H3. The Labute approximate surface area is 143 Å². The number of nitrogens with zero attached hydrogens (tertiary/aromatic N) is 2. The molecule has 0 unspecified atom stereocenters. The lowest BCUT2D eigenvalue weighted by Crippen LogP contribution is -2.29. The van der Waals surface area contributed by atoms with Crippen molar-refractivity contribution in [2.45, 2.75) is 45.6 Å². The van der Waals surface area contributed by atoms with Crippen molar-refractivity contribution in [3.05, 3.63) is 28.8 Å². The van der Waals surface area contributed by atoms with Crippen molar-refractivity contribution in [2.24, 2.45) is 0 Å². The Hall–Kier alpha value is -1.26. The molecule has 2 aliphatic heterocycles. The highest BCUT2D eigenvalue weighted by molar-refractivity contribution is 7.19. The van der Waals surface area contributed by atoms with Crippen LogP contribution in [0.4, 0.5) is 0 Å². The molecule has 0 saturated carbocycles. The largest absolute Gasteiger partial charge is 0.370 e. The third kappa shape index (κ3) is 2.94. The summed E-state index contributed by atoms with van der Waals surface area (Å²) in [6.45, 7) is 12.5. The van der Waals surface area contributed by atoms with Crippen molar-refractivity contribution >= 4 is 27.3 Å². The number of aromatic amines is 1. The first-order valence-electron chi connectivity index (χ1n) is 9.00. The topological polar surface area (TPSA) is 22.3 Å². The molecule has 0 atom stereocenters. The van der Waals surface area contributed by atoms with Gasteiger partial charge < -0.3 is 9.88 Å². The van der Waals surface area contributed by atoms with Gasteiger partial charge in [0.25, 0.3) is 0 Å². The fourth-order valence-corrected chi connectivity index (χ4v) is 5.06. The molecule has 2 aromatic rings. The van der Waals surface area contributed by atoms with E-state index in [0.717, 1.165) is 19.6 Å². The Bertz CT molecular complexity index is 700. The number of nitrogens with one attached hydrogen (secondary N) is 1. The van der Waals surface area contributed by atoms with Gasteiger partial charge in [-0.1, -0.05) is 13.0 Å². The summed E-state index contributed by atoms with van der Waals surface area (Å²) in [4.78, 5) is 10.2. The van der Waals surface area contributed by atoms with E-state index in [4.69, 9.17) is 0 Å². The molecule has 0 amide bonds. The molecule has 2 aliphatic rings. The second-order valence-corrected chi connectivity index (χ2v) is 8.29. The maximum atomic E-state index is 4.34. The fourth-order valence-electron chi connectivity index (χ4n) is 3.99. The number of likely N-dealkylation sites (tertiary alicyclic amines) is 2. The first kappa shape index (κ1) is 15.3. The monoisotopic (exact) mass is 329 g/mol. The molecule has 23 heavy (non-hydrogen) atoms. The van der Waals surface area contributed by atoms with Gasteiger partial charge in [0.05, 0.1) is 21.6 Å². The highest BCUT2D eigenvalue weighted by Gasteiger charge is 2.20. The van der Waals surface area contributed by atoms with E-state index in [1.54, 1.807) is 0 Å². The number of fused-ring (bicyclic) bond motifs is 1. The van der Waals surface area contributed by atoms with Gasteiger partial charge in [-0.2, -0.15) is 0 Å². The van der Waals surface area contributed by atoms with E-state index in [1.807, 2.05) is 11.3 Å². The summed E-state index contributed by atoms with van der Waals surface area (Å²) in [5.74, 6) is 0. The minimum Gasteiger partial charge on any atom is -0.370 e. The van der Waals surface area contributed by atoms with Crippen LogP contribution in [0.25, 0.3) is 15.9 Å². The van der Waals surface area contributed by atoms with Gasteiger partial charge in [0, 0.05) is 30.1 Å². The summed E-state index contributed by atoms with van der Waals surface area (Å²) >= 11 is 1.93. The SMILES string of the molecule is C=C(c1cc2sc(C)c(CN3CCCCC3)c2[nH]1)N1CCCC1. The summed E-state index contributed by atoms with van der Waals surface area (Å²) in [5.41, 5.74) is 5.25. The quantitative estimate of drug-likeness (QED) is 0.886. The number of aromatic nitrogens is 1. The molecule has 2 fully saturated rings. The summed E-state index contributed by atoms with van der Waals surface area (Å²) in [6.07, 6.45) is 6.71. The van der Waals surface area contributed by atoms with Crippen molar-refractivity contribution in [2.75, 3.05) is 26.2 Å². The molecule has 0 radical (unpaired) electrons. The van der Waals surface area contributed by atoms with Crippen LogP contribution >= 0.6 is 11.3 Å². The van der Waals surface area contributed by atoms with Gasteiger partial charge in [-0.25, -0.2) is 0 Å². The summed E-state index contributed by atoms with van der Waals surface area (Å²) in [6, 6.07) is 2.31. The average molecular weight is 330 g/mol. The molecule has 0 aromatic carbocycles. The molecular weight excluding hydrogens is 302 g/mol. The Kier molecular flexibility index (Phi) is 4.20. The Balaban J connectivity index is 1.60. The van der Waals surface area contributed by atoms with Crippen LogP contribution in [0.3, 0.4) is 0 Å². The van der Waals surface area contributed by atoms with Crippen LogP contribution in [0, 0.1) is 6.92 Å². The van der Waals surface area contributed by atoms with Gasteiger partial charge in [-0.15, -0.1) is 11.3 Å². The van der Waals surface area contributed by atoms with E-state index in [9.17, 15) is 0 Å². The number of H-pyrrole nitrogens is 1. The van der Waals surface area contributed by atoms with E-state index in [0.29, 0.717) is 0 Å². The minimum atomic E-state index is 1.10. The number of hydrogen-bond donors (Lipinski definition) is 1. The molecule has 2 saturated heterocycles. The van der Waals surface area contributed by atoms with E-state index >= 15 is 0 Å². The number of thiophene rings is 1. The molecule has 124 valence electrons. The molecule has 4 heterocycles. The zero-order chi connectivity index (χ0) is 15.8. The molecule has 1 N–H and O–H groups in total. The molecule has 0 bridgehead atoms. The Morgan fingerprint density at radius 1 is 1.13 bits per heavy atom. The van der Waals surface area contributed by atoms with Crippen molar-refractivity contribution in [3.63, 3.8) is 0 Å². The lowest BCUT2D eigenvalue weighted by atomic mass is 10.1. The maximum absolute atomic E-state index is 4.34. The van der Waals surface area contributed by atoms with Gasteiger partial charge in [0.2, 0.25) is 0 Å². The van der Waals surface area contributed by atoms with Gasteiger partial charge >= 0.3 is 0 Å². The molecule has 3 nitrogen and oxygen atoms in total. The lowest BCUT2D eigenvalue weighted by Gasteiger charge is -2.26. The predicted molar refractivity (Wildman–Crippen MR) is 99.9 cm³/mol. The van der Waals surface area contributed by atoms with E-state index < -0.39 is 0 Å². The maximum Gasteiger partial charge on any atom is 0.0631 e. The number of hydrogen-bond acceptors (Lipinski definition) is 3. The molecule has 0 aliphatic carbocycles. The number of piperidine rings is 1. The minimum absolute atomic E-state index is 1.10. The van der Waals surface area contributed by atoms with Gasteiger partial charge in [0.15, 0.2) is 0 Å². The second kappa shape index (κ2) is 6.33. The smallest absolute Gasteiger partial charge is 0.0631 e. The number of aryl methyl sites for hydroxylation is 1. The van der Waals surface area contributed by atoms with Crippen molar-refractivity contribution in [1.29, 1.82) is 0 Å². The van der Waals surface area contributed by atoms with Crippen LogP contribution in [0.1, 0.15) is 48.2 Å². The van der Waals surface area contributed by atoms with Crippen LogP contribution < -0.4 is 0 Å². The van der Waals surface area contributed by atoms with Gasteiger partial charge in [-0.3, -0.25) is 4.90 Å². The van der Waals surface area contributed by atoms with Crippen LogP contribution in [0.5, 0.6) is 0 Å². The van der Waals surface area contributed by atoms with Gasteiger partial charge in [-0.05, 0) is 51.8 Å². The summed E-state index contributed by atoms with van der Waals surface area (Å²) in [7, 11) is 0. The molecule has 2 aromatic heterocycles. The molecule has 4 rings (SSSR count). The highest BCUT2D eigenvalue weighted by atomic mass is 32.1. The Morgan fingerprint density at radius 3 is 2.57 bits per heavy atom. The fraction of sp³-hybridized carbons (Fsp3) is 0.579. The summed E-state index contributed by atoms with van der Waals surface area (Å²) in [5, 5.41) is 0. The third-order valence-corrected chi connectivity index (χ3v) is 6.49.